The molecule has 156 valence electrons. The third-order valence-corrected chi connectivity index (χ3v) is 5.71. The van der Waals surface area contributed by atoms with Crippen LogP contribution in [0.25, 0.3) is 0 Å². The SMILES string of the molecule is Cc1oc(C2CCN(C(=O)c3ccc(C#N)cc3)CC2)nc1C(=O)N1CCOCC1. The standard InChI is InChI=1S/C22H24N4O4/c1-15-19(22(28)26-10-12-29-13-11-26)24-20(30-15)17-6-8-25(9-7-17)21(27)18-4-2-16(14-23)3-5-18/h2-5,17H,6-13H2,1H3. The Hall–Kier alpha value is -3.18. The van der Waals surface area contributed by atoms with Gasteiger partial charge in [-0.05, 0) is 44.0 Å². The van der Waals surface area contributed by atoms with Crippen molar-refractivity contribution in [3.05, 3.63) is 52.7 Å². The van der Waals surface area contributed by atoms with Gasteiger partial charge in [-0.3, -0.25) is 9.59 Å². The number of aromatic nitrogens is 1. The van der Waals surface area contributed by atoms with Gasteiger partial charge in [0, 0.05) is 37.7 Å². The number of hydrogen-bond donors (Lipinski definition) is 0. The fourth-order valence-corrected chi connectivity index (χ4v) is 3.91. The molecule has 0 atom stereocenters. The maximum absolute atomic E-state index is 12.7. The molecule has 2 saturated heterocycles. The smallest absolute Gasteiger partial charge is 0.276 e. The van der Waals surface area contributed by atoms with Gasteiger partial charge >= 0.3 is 0 Å². The molecule has 0 aliphatic carbocycles. The molecule has 8 heteroatoms. The lowest BCUT2D eigenvalue weighted by atomic mass is 9.96. The lowest BCUT2D eigenvalue weighted by Gasteiger charge is -2.30. The second kappa shape index (κ2) is 8.67. The number of nitriles is 1. The molecule has 2 amide bonds. The van der Waals surface area contributed by atoms with Crippen molar-refractivity contribution in [3.8, 4) is 6.07 Å². The Kier molecular flexibility index (Phi) is 5.81. The highest BCUT2D eigenvalue weighted by Crippen LogP contribution is 2.30. The van der Waals surface area contributed by atoms with Crippen molar-refractivity contribution < 1.29 is 18.7 Å². The number of piperidine rings is 1. The van der Waals surface area contributed by atoms with Crippen molar-refractivity contribution in [1.29, 1.82) is 5.26 Å². The number of nitrogens with zero attached hydrogens (tertiary/aromatic N) is 4. The van der Waals surface area contributed by atoms with Gasteiger partial charge in [0.1, 0.15) is 5.76 Å². The molecule has 0 unspecified atom stereocenters. The van der Waals surface area contributed by atoms with Gasteiger partial charge in [-0.1, -0.05) is 0 Å². The molecule has 2 aliphatic rings. The monoisotopic (exact) mass is 408 g/mol. The number of amides is 2. The molecule has 1 aromatic carbocycles. The number of likely N-dealkylation sites (tertiary alicyclic amines) is 1. The molecule has 1 aromatic heterocycles. The molecule has 30 heavy (non-hydrogen) atoms. The minimum Gasteiger partial charge on any atom is -0.445 e. The molecule has 2 aliphatic heterocycles. The van der Waals surface area contributed by atoms with Crippen LogP contribution < -0.4 is 0 Å². The van der Waals surface area contributed by atoms with Gasteiger partial charge < -0.3 is 19.0 Å². The van der Waals surface area contributed by atoms with Crippen LogP contribution in [-0.2, 0) is 4.74 Å². The average Bonchev–Trinajstić information content (AvgIpc) is 3.20. The Morgan fingerprint density at radius 2 is 1.67 bits per heavy atom. The average molecular weight is 408 g/mol. The second-order valence-corrected chi connectivity index (χ2v) is 7.62. The van der Waals surface area contributed by atoms with Crippen molar-refractivity contribution in [2.75, 3.05) is 39.4 Å². The van der Waals surface area contributed by atoms with Crippen molar-refractivity contribution >= 4 is 11.8 Å². The first-order valence-electron chi connectivity index (χ1n) is 10.2. The predicted molar refractivity (Wildman–Crippen MR) is 107 cm³/mol. The zero-order valence-corrected chi connectivity index (χ0v) is 17.0. The van der Waals surface area contributed by atoms with Gasteiger partial charge in [0.05, 0.1) is 24.8 Å². The number of carbonyl (C=O) groups excluding carboxylic acids is 2. The van der Waals surface area contributed by atoms with E-state index >= 15 is 0 Å². The Labute approximate surface area is 175 Å². The number of ether oxygens (including phenoxy) is 1. The molecule has 2 aromatic rings. The van der Waals surface area contributed by atoms with Crippen molar-refractivity contribution in [1.82, 2.24) is 14.8 Å². The Bertz CT molecular complexity index is 962. The number of carbonyl (C=O) groups is 2. The van der Waals surface area contributed by atoms with E-state index in [-0.39, 0.29) is 17.7 Å². The minimum absolute atomic E-state index is 0.0373. The molecule has 8 nitrogen and oxygen atoms in total. The Balaban J connectivity index is 1.38. The van der Waals surface area contributed by atoms with Crippen LogP contribution in [0.5, 0.6) is 0 Å². The van der Waals surface area contributed by atoms with Gasteiger partial charge in [0.2, 0.25) is 0 Å². The van der Waals surface area contributed by atoms with Crippen LogP contribution >= 0.6 is 0 Å². The fraction of sp³-hybridized carbons (Fsp3) is 0.455. The van der Waals surface area contributed by atoms with Crippen molar-refractivity contribution in [2.45, 2.75) is 25.7 Å². The highest BCUT2D eigenvalue weighted by molar-refractivity contribution is 5.94. The summed E-state index contributed by atoms with van der Waals surface area (Å²) < 4.78 is 11.2. The summed E-state index contributed by atoms with van der Waals surface area (Å²) in [6.07, 6.45) is 1.46. The molecule has 0 N–H and O–H groups in total. The van der Waals surface area contributed by atoms with Crippen molar-refractivity contribution in [3.63, 3.8) is 0 Å². The maximum Gasteiger partial charge on any atom is 0.276 e. The summed E-state index contributed by atoms with van der Waals surface area (Å²) in [5.41, 5.74) is 1.49. The number of morpholine rings is 1. The lowest BCUT2D eigenvalue weighted by molar-refractivity contribution is 0.0298. The first-order valence-corrected chi connectivity index (χ1v) is 10.2. The highest BCUT2D eigenvalue weighted by atomic mass is 16.5. The van der Waals surface area contributed by atoms with Gasteiger partial charge in [-0.2, -0.15) is 5.26 Å². The lowest BCUT2D eigenvalue weighted by Crippen LogP contribution is -2.41. The first kappa shape index (κ1) is 20.1. The molecule has 4 rings (SSSR count). The Morgan fingerprint density at radius 3 is 2.30 bits per heavy atom. The summed E-state index contributed by atoms with van der Waals surface area (Å²) in [6, 6.07) is 8.74. The molecular weight excluding hydrogens is 384 g/mol. The zero-order valence-electron chi connectivity index (χ0n) is 17.0. The van der Waals surface area contributed by atoms with Crippen LogP contribution in [0.2, 0.25) is 0 Å². The molecular formula is C22H24N4O4. The van der Waals surface area contributed by atoms with Crippen LogP contribution in [0.15, 0.2) is 28.7 Å². The van der Waals surface area contributed by atoms with E-state index in [0.717, 1.165) is 12.8 Å². The summed E-state index contributed by atoms with van der Waals surface area (Å²) >= 11 is 0. The molecule has 0 bridgehead atoms. The second-order valence-electron chi connectivity index (χ2n) is 7.62. The third kappa shape index (κ3) is 4.07. The van der Waals surface area contributed by atoms with E-state index in [1.807, 2.05) is 4.90 Å². The number of rotatable bonds is 3. The van der Waals surface area contributed by atoms with E-state index in [1.54, 1.807) is 36.1 Å². The minimum atomic E-state index is -0.112. The normalized spacial score (nSPS) is 17.6. The summed E-state index contributed by atoms with van der Waals surface area (Å²) in [5, 5.41) is 8.89. The van der Waals surface area contributed by atoms with E-state index in [1.165, 1.54) is 0 Å². The van der Waals surface area contributed by atoms with Gasteiger partial charge in [0.25, 0.3) is 11.8 Å². The summed E-state index contributed by atoms with van der Waals surface area (Å²) in [6.45, 7) is 5.18. The van der Waals surface area contributed by atoms with E-state index in [2.05, 4.69) is 11.1 Å². The fourth-order valence-electron chi connectivity index (χ4n) is 3.91. The van der Waals surface area contributed by atoms with Crippen molar-refractivity contribution in [2.24, 2.45) is 0 Å². The highest BCUT2D eigenvalue weighted by Gasteiger charge is 2.30. The number of benzene rings is 1. The zero-order chi connectivity index (χ0) is 21.1. The van der Waals surface area contributed by atoms with Crippen LogP contribution in [0, 0.1) is 18.3 Å². The molecule has 0 saturated carbocycles. The van der Waals surface area contributed by atoms with E-state index < -0.39 is 0 Å². The Morgan fingerprint density at radius 1 is 1.03 bits per heavy atom. The largest absolute Gasteiger partial charge is 0.445 e. The van der Waals surface area contributed by atoms with Gasteiger partial charge in [0.15, 0.2) is 11.6 Å². The van der Waals surface area contributed by atoms with E-state index in [9.17, 15) is 9.59 Å². The van der Waals surface area contributed by atoms with Crippen LogP contribution in [0.4, 0.5) is 0 Å². The molecule has 2 fully saturated rings. The number of hydrogen-bond acceptors (Lipinski definition) is 6. The van der Waals surface area contributed by atoms with Gasteiger partial charge in [-0.15, -0.1) is 0 Å². The molecule has 0 radical (unpaired) electrons. The van der Waals surface area contributed by atoms with Crippen LogP contribution in [-0.4, -0.2) is 66.0 Å². The van der Waals surface area contributed by atoms with Crippen LogP contribution in [0.1, 0.15) is 56.8 Å². The van der Waals surface area contributed by atoms with E-state index in [0.29, 0.717) is 67.9 Å². The third-order valence-electron chi connectivity index (χ3n) is 5.71. The topological polar surface area (TPSA) is 99.7 Å². The molecule has 3 heterocycles. The molecule has 0 spiro atoms. The maximum atomic E-state index is 12.7. The first-order chi connectivity index (χ1) is 14.6. The summed E-state index contributed by atoms with van der Waals surface area (Å²) in [5.74, 6) is 1.05. The summed E-state index contributed by atoms with van der Waals surface area (Å²) in [4.78, 5) is 33.5. The number of aryl methyl sites for hydroxylation is 1. The summed E-state index contributed by atoms with van der Waals surface area (Å²) in [7, 11) is 0. The number of oxazole rings is 1. The van der Waals surface area contributed by atoms with Gasteiger partial charge in [-0.25, -0.2) is 4.98 Å². The van der Waals surface area contributed by atoms with Crippen LogP contribution in [0.3, 0.4) is 0 Å². The quantitative estimate of drug-likeness (QED) is 0.773. The predicted octanol–water partition coefficient (Wildman–Crippen LogP) is 2.35. The van der Waals surface area contributed by atoms with E-state index in [4.69, 9.17) is 14.4 Å².